The minimum Gasteiger partial charge on any atom is -0.497 e. The molecule has 20 heavy (non-hydrogen) atoms. The Hall–Kier alpha value is -1.55. The lowest BCUT2D eigenvalue weighted by Crippen LogP contribution is -1.97. The van der Waals surface area contributed by atoms with Crippen LogP contribution in [0.4, 0.5) is 0 Å². The van der Waals surface area contributed by atoms with Crippen LogP contribution in [-0.2, 0) is 6.61 Å². The van der Waals surface area contributed by atoms with Crippen LogP contribution in [0.3, 0.4) is 0 Å². The van der Waals surface area contributed by atoms with Crippen LogP contribution in [0.15, 0.2) is 41.0 Å². The van der Waals surface area contributed by atoms with Crippen molar-refractivity contribution in [3.05, 3.63) is 52.3 Å². The van der Waals surface area contributed by atoms with Crippen LogP contribution in [-0.4, -0.2) is 12.1 Å². The summed E-state index contributed by atoms with van der Waals surface area (Å²) in [6, 6.07) is 11.6. The van der Waals surface area contributed by atoms with E-state index in [2.05, 4.69) is 20.9 Å². The highest BCUT2D eigenvalue weighted by Crippen LogP contribution is 2.23. The second-order valence-corrected chi connectivity index (χ2v) is 4.63. The molecule has 0 fully saturated rings. The summed E-state index contributed by atoms with van der Waals surface area (Å²) in [6.07, 6.45) is 0. The lowest BCUT2D eigenvalue weighted by molar-refractivity contribution is 0.302. The highest BCUT2D eigenvalue weighted by Gasteiger charge is 2.03. The fourth-order valence-corrected chi connectivity index (χ4v) is 2.03. The fraction of sp³-hybridized carbons (Fsp3) is 0.312. The van der Waals surface area contributed by atoms with Crippen molar-refractivity contribution in [1.82, 2.24) is 4.98 Å². The lowest BCUT2D eigenvalue weighted by Gasteiger charge is -2.08. The third kappa shape index (κ3) is 4.85. The first kappa shape index (κ1) is 16.5. The van der Waals surface area contributed by atoms with Gasteiger partial charge in [-0.3, -0.25) is 0 Å². The first-order valence-corrected chi connectivity index (χ1v) is 7.37. The molecule has 0 bridgehead atoms. The fourth-order valence-electron chi connectivity index (χ4n) is 1.50. The van der Waals surface area contributed by atoms with E-state index >= 15 is 0 Å². The molecule has 108 valence electrons. The molecule has 0 saturated carbocycles. The third-order valence-electron chi connectivity index (χ3n) is 2.51. The van der Waals surface area contributed by atoms with Gasteiger partial charge in [0.25, 0.3) is 0 Å². The second-order valence-electron chi connectivity index (χ2n) is 3.88. The number of nitrogens with zero attached hydrogens (tertiary/aromatic N) is 1. The second kappa shape index (κ2) is 8.59. The summed E-state index contributed by atoms with van der Waals surface area (Å²) in [6.45, 7) is 6.45. The van der Waals surface area contributed by atoms with E-state index in [0.29, 0.717) is 6.61 Å². The average Bonchev–Trinajstić information content (AvgIpc) is 2.49. The maximum absolute atomic E-state index is 5.70. The van der Waals surface area contributed by atoms with Crippen molar-refractivity contribution < 1.29 is 9.47 Å². The van der Waals surface area contributed by atoms with Crippen molar-refractivity contribution in [1.29, 1.82) is 0 Å². The summed E-state index contributed by atoms with van der Waals surface area (Å²) >= 11 is 3.39. The summed E-state index contributed by atoms with van der Waals surface area (Å²) in [5.41, 5.74) is 2.04. The van der Waals surface area contributed by atoms with Gasteiger partial charge in [-0.15, -0.1) is 0 Å². The van der Waals surface area contributed by atoms with Gasteiger partial charge in [-0.2, -0.15) is 0 Å². The summed E-state index contributed by atoms with van der Waals surface area (Å²) in [4.78, 5) is 4.28. The summed E-state index contributed by atoms with van der Waals surface area (Å²) in [5.74, 6) is 1.59. The van der Waals surface area contributed by atoms with Crippen LogP contribution >= 0.6 is 15.9 Å². The molecular weight excluding hydrogens is 318 g/mol. The van der Waals surface area contributed by atoms with E-state index in [1.54, 1.807) is 7.11 Å². The molecule has 0 aliphatic rings. The average molecular weight is 338 g/mol. The number of hydrogen-bond acceptors (Lipinski definition) is 3. The Bertz CT molecular complexity index is 527. The topological polar surface area (TPSA) is 31.4 Å². The Kier molecular flexibility index (Phi) is 7.09. The lowest BCUT2D eigenvalue weighted by atomic mass is 10.2. The molecule has 0 N–H and O–H groups in total. The zero-order valence-corrected chi connectivity index (χ0v) is 13.9. The van der Waals surface area contributed by atoms with Crippen molar-refractivity contribution in [2.24, 2.45) is 0 Å². The summed E-state index contributed by atoms with van der Waals surface area (Å²) < 4.78 is 11.5. The minimum atomic E-state index is 0.507. The van der Waals surface area contributed by atoms with E-state index in [-0.39, 0.29) is 0 Å². The van der Waals surface area contributed by atoms with Crippen molar-refractivity contribution in [3.63, 3.8) is 0 Å². The molecule has 1 aromatic heterocycles. The molecule has 3 nitrogen and oxygen atoms in total. The molecule has 1 heterocycles. The number of halogens is 1. The van der Waals surface area contributed by atoms with Crippen molar-refractivity contribution >= 4 is 15.9 Å². The predicted molar refractivity (Wildman–Crippen MR) is 85.3 cm³/mol. The van der Waals surface area contributed by atoms with Crippen LogP contribution in [0.2, 0.25) is 0 Å². The summed E-state index contributed by atoms with van der Waals surface area (Å²) in [7, 11) is 1.65. The number of rotatable bonds is 4. The Balaban J connectivity index is 0.000000956. The molecule has 0 radical (unpaired) electrons. The zero-order valence-electron chi connectivity index (χ0n) is 12.3. The Labute approximate surface area is 129 Å². The van der Waals surface area contributed by atoms with Gasteiger partial charge in [0.2, 0.25) is 0 Å². The molecule has 2 rings (SSSR count). The number of pyridine rings is 1. The molecule has 0 amide bonds. The Morgan fingerprint density at radius 1 is 1.05 bits per heavy atom. The van der Waals surface area contributed by atoms with E-state index in [0.717, 1.165) is 27.4 Å². The maximum Gasteiger partial charge on any atom is 0.152 e. The molecule has 0 saturated heterocycles. The van der Waals surface area contributed by atoms with Gasteiger partial charge in [0.15, 0.2) is 5.75 Å². The first-order valence-electron chi connectivity index (χ1n) is 6.58. The first-order chi connectivity index (χ1) is 9.69. The molecule has 0 atom stereocenters. The van der Waals surface area contributed by atoms with Gasteiger partial charge in [-0.05, 0) is 52.7 Å². The van der Waals surface area contributed by atoms with Crippen LogP contribution < -0.4 is 9.47 Å². The highest BCUT2D eigenvalue weighted by atomic mass is 79.9. The van der Waals surface area contributed by atoms with Crippen LogP contribution in [0.5, 0.6) is 11.5 Å². The monoisotopic (exact) mass is 337 g/mol. The van der Waals surface area contributed by atoms with Crippen LogP contribution in [0.1, 0.15) is 25.1 Å². The Morgan fingerprint density at radius 2 is 1.70 bits per heavy atom. The highest BCUT2D eigenvalue weighted by molar-refractivity contribution is 9.10. The SMILES string of the molecule is CC.COc1ccc(COc2ccc(C)nc2Br)cc1. The van der Waals surface area contributed by atoms with Gasteiger partial charge in [0, 0.05) is 5.69 Å². The van der Waals surface area contributed by atoms with Gasteiger partial charge in [-0.1, -0.05) is 26.0 Å². The zero-order chi connectivity index (χ0) is 15.0. The number of hydrogen-bond donors (Lipinski definition) is 0. The van der Waals surface area contributed by atoms with Crippen molar-refractivity contribution in [2.45, 2.75) is 27.4 Å². The van der Waals surface area contributed by atoms with Gasteiger partial charge in [0.05, 0.1) is 7.11 Å². The quantitative estimate of drug-likeness (QED) is 0.753. The normalized spacial score (nSPS) is 9.45. The predicted octanol–water partition coefficient (Wildman–Crippen LogP) is 4.77. The van der Waals surface area contributed by atoms with Crippen molar-refractivity contribution in [3.8, 4) is 11.5 Å². The molecular formula is C16H20BrNO2. The minimum absolute atomic E-state index is 0.507. The van der Waals surface area contributed by atoms with Crippen molar-refractivity contribution in [2.75, 3.05) is 7.11 Å². The molecule has 0 aliphatic carbocycles. The van der Waals surface area contributed by atoms with Gasteiger partial charge in [0.1, 0.15) is 17.0 Å². The smallest absolute Gasteiger partial charge is 0.152 e. The third-order valence-corrected chi connectivity index (χ3v) is 3.08. The van der Waals surface area contributed by atoms with E-state index in [1.807, 2.05) is 57.2 Å². The molecule has 1 aromatic carbocycles. The molecule has 0 aliphatic heterocycles. The van der Waals surface area contributed by atoms with E-state index in [9.17, 15) is 0 Å². The van der Waals surface area contributed by atoms with Gasteiger partial charge < -0.3 is 9.47 Å². The van der Waals surface area contributed by atoms with E-state index in [4.69, 9.17) is 9.47 Å². The van der Waals surface area contributed by atoms with E-state index < -0.39 is 0 Å². The molecule has 0 spiro atoms. The number of benzene rings is 1. The molecule has 4 heteroatoms. The maximum atomic E-state index is 5.70. The van der Waals surface area contributed by atoms with Gasteiger partial charge in [-0.25, -0.2) is 4.98 Å². The number of aromatic nitrogens is 1. The molecule has 0 unspecified atom stereocenters. The van der Waals surface area contributed by atoms with E-state index in [1.165, 1.54) is 0 Å². The Morgan fingerprint density at radius 3 is 2.25 bits per heavy atom. The number of ether oxygens (including phenoxy) is 2. The van der Waals surface area contributed by atoms with Crippen LogP contribution in [0, 0.1) is 6.92 Å². The number of aryl methyl sites for hydroxylation is 1. The van der Waals surface area contributed by atoms with Gasteiger partial charge >= 0.3 is 0 Å². The number of methoxy groups -OCH3 is 1. The standard InChI is InChI=1S/C14H14BrNO2.C2H6/c1-10-3-8-13(14(15)16-10)18-9-11-4-6-12(17-2)7-5-11;1-2/h3-8H,9H2,1-2H3;1-2H3. The summed E-state index contributed by atoms with van der Waals surface area (Å²) in [5, 5.41) is 0. The van der Waals surface area contributed by atoms with Crippen LogP contribution in [0.25, 0.3) is 0 Å². The largest absolute Gasteiger partial charge is 0.497 e. The molecule has 2 aromatic rings.